The fourth-order valence-electron chi connectivity index (χ4n) is 2.74. The Morgan fingerprint density at radius 2 is 2.13 bits per heavy atom. The molecule has 0 unspecified atom stereocenters. The van der Waals surface area contributed by atoms with E-state index in [2.05, 4.69) is 15.9 Å². The van der Waals surface area contributed by atoms with Crippen LogP contribution in [0.1, 0.15) is 21.5 Å². The quantitative estimate of drug-likeness (QED) is 0.818. The van der Waals surface area contributed by atoms with Crippen molar-refractivity contribution in [1.82, 2.24) is 4.90 Å². The molecule has 2 aromatic rings. The van der Waals surface area contributed by atoms with Crippen LogP contribution >= 0.6 is 15.9 Å². The van der Waals surface area contributed by atoms with Gasteiger partial charge >= 0.3 is 0 Å². The Bertz CT molecular complexity index is 745. The molecule has 1 aliphatic heterocycles. The Labute approximate surface area is 144 Å². The van der Waals surface area contributed by atoms with Crippen molar-refractivity contribution in [3.63, 3.8) is 0 Å². The van der Waals surface area contributed by atoms with Crippen molar-refractivity contribution in [3.8, 4) is 11.5 Å². The highest BCUT2D eigenvalue weighted by atomic mass is 79.9. The first kappa shape index (κ1) is 15.9. The summed E-state index contributed by atoms with van der Waals surface area (Å²) in [6, 6.07) is 11.4. The molecule has 1 aliphatic rings. The largest absolute Gasteiger partial charge is 0.496 e. The molecule has 3 rings (SSSR count). The van der Waals surface area contributed by atoms with Crippen LogP contribution in [0.5, 0.6) is 11.5 Å². The van der Waals surface area contributed by atoms with Gasteiger partial charge in [-0.1, -0.05) is 15.9 Å². The van der Waals surface area contributed by atoms with Gasteiger partial charge in [0.2, 0.25) is 0 Å². The molecule has 120 valence electrons. The molecule has 0 radical (unpaired) electrons. The van der Waals surface area contributed by atoms with Crippen molar-refractivity contribution in [2.24, 2.45) is 0 Å². The van der Waals surface area contributed by atoms with E-state index in [1.807, 2.05) is 36.4 Å². The second-order valence-corrected chi connectivity index (χ2v) is 6.45. The molecule has 5 heteroatoms. The zero-order valence-corrected chi connectivity index (χ0v) is 14.7. The fraction of sp³-hybridized carbons (Fsp3) is 0.278. The molecule has 23 heavy (non-hydrogen) atoms. The molecule has 0 spiro atoms. The molecule has 1 amide bonds. The maximum absolute atomic E-state index is 12.7. The third-order valence-corrected chi connectivity index (χ3v) is 4.43. The van der Waals surface area contributed by atoms with Crippen LogP contribution in [0.15, 0.2) is 40.9 Å². The zero-order valence-electron chi connectivity index (χ0n) is 13.1. The van der Waals surface area contributed by atoms with Crippen LogP contribution in [0, 0.1) is 0 Å². The number of nitrogens with zero attached hydrogens (tertiary/aromatic N) is 1. The summed E-state index contributed by atoms with van der Waals surface area (Å²) in [5.41, 5.74) is 2.75. The number of hydrogen-bond acceptors (Lipinski definition) is 3. The minimum Gasteiger partial charge on any atom is -0.496 e. The van der Waals surface area contributed by atoms with Crippen molar-refractivity contribution < 1.29 is 14.3 Å². The summed E-state index contributed by atoms with van der Waals surface area (Å²) in [4.78, 5) is 14.4. The average molecular weight is 376 g/mol. The average Bonchev–Trinajstić information content (AvgIpc) is 3.01. The van der Waals surface area contributed by atoms with E-state index in [0.717, 1.165) is 33.5 Å². The maximum Gasteiger partial charge on any atom is 0.253 e. The minimum absolute atomic E-state index is 0.0123. The SMILES string of the molecule is COc1ccc(Br)cc1CN(C)C(=O)c1ccc2c(c1)CCO2. The third kappa shape index (κ3) is 3.34. The summed E-state index contributed by atoms with van der Waals surface area (Å²) >= 11 is 3.46. The van der Waals surface area contributed by atoms with Crippen molar-refractivity contribution >= 4 is 21.8 Å². The second kappa shape index (κ2) is 6.62. The number of carbonyl (C=O) groups is 1. The van der Waals surface area contributed by atoms with E-state index in [0.29, 0.717) is 18.7 Å². The van der Waals surface area contributed by atoms with E-state index in [4.69, 9.17) is 9.47 Å². The number of fused-ring (bicyclic) bond motifs is 1. The summed E-state index contributed by atoms with van der Waals surface area (Å²) < 4.78 is 11.8. The van der Waals surface area contributed by atoms with Gasteiger partial charge in [-0.25, -0.2) is 0 Å². The summed E-state index contributed by atoms with van der Waals surface area (Å²) in [6.07, 6.45) is 0.861. The molecule has 0 atom stereocenters. The van der Waals surface area contributed by atoms with Crippen LogP contribution in [0.3, 0.4) is 0 Å². The van der Waals surface area contributed by atoms with E-state index in [1.165, 1.54) is 0 Å². The molecule has 0 aromatic heterocycles. The van der Waals surface area contributed by atoms with Crippen LogP contribution in [0.4, 0.5) is 0 Å². The predicted octanol–water partition coefficient (Wildman–Crippen LogP) is 3.66. The smallest absolute Gasteiger partial charge is 0.253 e. The zero-order chi connectivity index (χ0) is 16.4. The molecule has 2 aromatic carbocycles. The van der Waals surface area contributed by atoms with Gasteiger partial charge in [0.15, 0.2) is 0 Å². The molecule has 1 heterocycles. The van der Waals surface area contributed by atoms with Gasteiger partial charge in [-0.2, -0.15) is 0 Å². The highest BCUT2D eigenvalue weighted by Crippen LogP contribution is 2.27. The monoisotopic (exact) mass is 375 g/mol. The molecular formula is C18H18BrNO3. The Hall–Kier alpha value is -2.01. The molecule has 0 aliphatic carbocycles. The Balaban J connectivity index is 1.79. The van der Waals surface area contributed by atoms with E-state index >= 15 is 0 Å². The second-order valence-electron chi connectivity index (χ2n) is 5.54. The lowest BCUT2D eigenvalue weighted by Gasteiger charge is -2.19. The number of methoxy groups -OCH3 is 1. The van der Waals surface area contributed by atoms with Gasteiger partial charge in [0.25, 0.3) is 5.91 Å². The van der Waals surface area contributed by atoms with Gasteiger partial charge in [0, 0.05) is 35.6 Å². The molecule has 0 fully saturated rings. The van der Waals surface area contributed by atoms with E-state index in [9.17, 15) is 4.79 Å². The van der Waals surface area contributed by atoms with Crippen LogP contribution in [0.25, 0.3) is 0 Å². The van der Waals surface area contributed by atoms with Crippen LogP contribution in [0.2, 0.25) is 0 Å². The number of carbonyl (C=O) groups excluding carboxylic acids is 1. The molecule has 4 nitrogen and oxygen atoms in total. The number of benzene rings is 2. The number of rotatable bonds is 4. The van der Waals surface area contributed by atoms with E-state index < -0.39 is 0 Å². The maximum atomic E-state index is 12.7. The van der Waals surface area contributed by atoms with Crippen LogP contribution in [-0.2, 0) is 13.0 Å². The van der Waals surface area contributed by atoms with Crippen molar-refractivity contribution in [2.75, 3.05) is 20.8 Å². The fourth-order valence-corrected chi connectivity index (χ4v) is 3.15. The molecular weight excluding hydrogens is 358 g/mol. The normalized spacial score (nSPS) is 12.5. The molecule has 0 bridgehead atoms. The van der Waals surface area contributed by atoms with Gasteiger partial charge in [0.1, 0.15) is 11.5 Å². The van der Waals surface area contributed by atoms with Gasteiger partial charge in [-0.05, 0) is 42.0 Å². The number of ether oxygens (including phenoxy) is 2. The predicted molar refractivity (Wildman–Crippen MR) is 92.1 cm³/mol. The first-order chi connectivity index (χ1) is 11.1. The van der Waals surface area contributed by atoms with E-state index in [-0.39, 0.29) is 5.91 Å². The highest BCUT2D eigenvalue weighted by Gasteiger charge is 2.18. The van der Waals surface area contributed by atoms with Gasteiger partial charge in [-0.3, -0.25) is 4.79 Å². The lowest BCUT2D eigenvalue weighted by atomic mass is 10.1. The summed E-state index contributed by atoms with van der Waals surface area (Å²) in [5, 5.41) is 0. The Kier molecular flexibility index (Phi) is 4.57. The summed E-state index contributed by atoms with van der Waals surface area (Å²) in [5.74, 6) is 1.65. The van der Waals surface area contributed by atoms with Gasteiger partial charge in [0.05, 0.1) is 13.7 Å². The standard InChI is InChI=1S/C18H18BrNO3/c1-20(11-14-10-15(19)4-6-16(14)22-2)18(21)13-3-5-17-12(9-13)7-8-23-17/h3-6,9-10H,7-8,11H2,1-2H3. The van der Waals surface area contributed by atoms with Gasteiger partial charge < -0.3 is 14.4 Å². The van der Waals surface area contributed by atoms with Crippen LogP contribution in [-0.4, -0.2) is 31.6 Å². The first-order valence-corrected chi connectivity index (χ1v) is 8.21. The molecule has 0 saturated heterocycles. The summed E-state index contributed by atoms with van der Waals surface area (Å²) in [7, 11) is 3.43. The van der Waals surface area contributed by atoms with E-state index in [1.54, 1.807) is 19.1 Å². The number of hydrogen-bond donors (Lipinski definition) is 0. The topological polar surface area (TPSA) is 38.8 Å². The van der Waals surface area contributed by atoms with Gasteiger partial charge in [-0.15, -0.1) is 0 Å². The third-order valence-electron chi connectivity index (χ3n) is 3.93. The van der Waals surface area contributed by atoms with Crippen LogP contribution < -0.4 is 9.47 Å². The van der Waals surface area contributed by atoms with Crippen molar-refractivity contribution in [3.05, 3.63) is 57.6 Å². The molecule has 0 saturated carbocycles. The lowest BCUT2D eigenvalue weighted by Crippen LogP contribution is -2.26. The molecule has 0 N–H and O–H groups in total. The van der Waals surface area contributed by atoms with Crippen molar-refractivity contribution in [1.29, 1.82) is 0 Å². The highest BCUT2D eigenvalue weighted by molar-refractivity contribution is 9.10. The lowest BCUT2D eigenvalue weighted by molar-refractivity contribution is 0.0784. The minimum atomic E-state index is -0.0123. The Morgan fingerprint density at radius 1 is 1.30 bits per heavy atom. The Morgan fingerprint density at radius 3 is 2.91 bits per heavy atom. The summed E-state index contributed by atoms with van der Waals surface area (Å²) in [6.45, 7) is 1.17. The number of amides is 1. The van der Waals surface area contributed by atoms with Crippen molar-refractivity contribution in [2.45, 2.75) is 13.0 Å². The number of halogens is 1. The first-order valence-electron chi connectivity index (χ1n) is 7.42.